The molecule has 1 rings (SSSR count). The van der Waals surface area contributed by atoms with Gasteiger partial charge >= 0.3 is 0 Å². The average Bonchev–Trinajstić information content (AvgIpc) is 2.19. The maximum Gasteiger partial charge on any atom is 0.271 e. The number of rotatable bonds is 2. The van der Waals surface area contributed by atoms with Crippen molar-refractivity contribution in [3.05, 3.63) is 30.1 Å². The van der Waals surface area contributed by atoms with Crippen LogP contribution >= 0.6 is 0 Å². The lowest BCUT2D eigenvalue weighted by atomic mass is 10.1. The summed E-state index contributed by atoms with van der Waals surface area (Å²) in [5.41, 5.74) is -0.273. The molecule has 1 aromatic heterocycles. The van der Waals surface area contributed by atoms with E-state index in [1.165, 1.54) is 0 Å². The summed E-state index contributed by atoms with van der Waals surface area (Å²) in [6, 6.07) is 5.15. The SMILES string of the molecule is C#CC(C)(C)NC(=O)c1ccccn1. The van der Waals surface area contributed by atoms with Gasteiger partial charge in [0.05, 0.1) is 5.54 Å². The Morgan fingerprint density at radius 2 is 2.29 bits per heavy atom. The molecule has 0 aromatic carbocycles. The lowest BCUT2D eigenvalue weighted by molar-refractivity contribution is 0.0925. The molecule has 0 aliphatic rings. The van der Waals surface area contributed by atoms with Crippen LogP contribution in [-0.2, 0) is 0 Å². The minimum absolute atomic E-state index is 0.256. The molecule has 0 aliphatic carbocycles. The van der Waals surface area contributed by atoms with Crippen molar-refractivity contribution in [2.24, 2.45) is 0 Å². The molecule has 3 heteroatoms. The Bertz CT molecular complexity index is 363. The van der Waals surface area contributed by atoms with Crippen LogP contribution in [0, 0.1) is 12.3 Å². The number of aromatic nitrogens is 1. The van der Waals surface area contributed by atoms with Gasteiger partial charge in [-0.05, 0) is 26.0 Å². The van der Waals surface area contributed by atoms with E-state index in [0.29, 0.717) is 5.69 Å². The van der Waals surface area contributed by atoms with Gasteiger partial charge in [0.2, 0.25) is 0 Å². The standard InChI is InChI=1S/C11H12N2O/c1-4-11(2,3)13-10(14)9-7-5-6-8-12-9/h1,5-8H,2-3H3,(H,13,14). The van der Waals surface area contributed by atoms with Crippen LogP contribution in [0.25, 0.3) is 0 Å². The quantitative estimate of drug-likeness (QED) is 0.709. The summed E-state index contributed by atoms with van der Waals surface area (Å²) in [6.45, 7) is 3.52. The lowest BCUT2D eigenvalue weighted by Gasteiger charge is -2.18. The zero-order valence-electron chi connectivity index (χ0n) is 8.24. The molecular weight excluding hydrogens is 176 g/mol. The maximum atomic E-state index is 11.6. The van der Waals surface area contributed by atoms with Crippen LogP contribution in [-0.4, -0.2) is 16.4 Å². The van der Waals surface area contributed by atoms with E-state index in [9.17, 15) is 4.79 Å². The highest BCUT2D eigenvalue weighted by atomic mass is 16.2. The first-order valence-corrected chi connectivity index (χ1v) is 4.26. The predicted octanol–water partition coefficient (Wildman–Crippen LogP) is 1.22. The van der Waals surface area contributed by atoms with Crippen molar-refractivity contribution in [3.63, 3.8) is 0 Å². The molecule has 3 nitrogen and oxygen atoms in total. The Morgan fingerprint density at radius 1 is 1.57 bits per heavy atom. The molecule has 0 spiro atoms. The molecule has 0 atom stereocenters. The number of terminal acetylenes is 1. The molecule has 1 aromatic rings. The summed E-state index contributed by atoms with van der Waals surface area (Å²) < 4.78 is 0. The van der Waals surface area contributed by atoms with Gasteiger partial charge < -0.3 is 5.32 Å². The molecular formula is C11H12N2O. The molecule has 0 saturated carbocycles. The largest absolute Gasteiger partial charge is 0.335 e. The Morgan fingerprint density at radius 3 is 2.79 bits per heavy atom. The summed E-state index contributed by atoms with van der Waals surface area (Å²) in [6.07, 6.45) is 6.81. The van der Waals surface area contributed by atoms with Crippen molar-refractivity contribution < 1.29 is 4.79 Å². The monoisotopic (exact) mass is 188 g/mol. The van der Waals surface area contributed by atoms with E-state index in [4.69, 9.17) is 6.42 Å². The van der Waals surface area contributed by atoms with Gasteiger partial charge in [-0.3, -0.25) is 9.78 Å². The minimum Gasteiger partial charge on any atom is -0.335 e. The first-order valence-electron chi connectivity index (χ1n) is 4.26. The second kappa shape index (κ2) is 3.93. The number of amides is 1. The lowest BCUT2D eigenvalue weighted by Crippen LogP contribution is -2.42. The van der Waals surface area contributed by atoms with E-state index < -0.39 is 5.54 Å². The highest BCUT2D eigenvalue weighted by Crippen LogP contribution is 2.01. The molecule has 0 fully saturated rings. The van der Waals surface area contributed by atoms with E-state index in [1.807, 2.05) is 0 Å². The fourth-order valence-electron chi connectivity index (χ4n) is 0.881. The third-order valence-electron chi connectivity index (χ3n) is 1.68. The normalized spacial score (nSPS) is 10.4. The summed E-state index contributed by atoms with van der Waals surface area (Å²) in [5.74, 6) is 2.23. The summed E-state index contributed by atoms with van der Waals surface area (Å²) in [5, 5.41) is 2.68. The molecule has 1 amide bonds. The van der Waals surface area contributed by atoms with E-state index >= 15 is 0 Å². The number of nitrogens with zero attached hydrogens (tertiary/aromatic N) is 1. The molecule has 1 N–H and O–H groups in total. The van der Waals surface area contributed by atoms with Gasteiger partial charge in [-0.2, -0.15) is 0 Å². The molecule has 14 heavy (non-hydrogen) atoms. The third kappa shape index (κ3) is 2.60. The van der Waals surface area contributed by atoms with Gasteiger partial charge in [-0.15, -0.1) is 6.42 Å². The zero-order chi connectivity index (χ0) is 10.6. The molecule has 1 heterocycles. The van der Waals surface area contributed by atoms with Crippen molar-refractivity contribution in [1.82, 2.24) is 10.3 Å². The van der Waals surface area contributed by atoms with E-state index in [1.54, 1.807) is 38.2 Å². The van der Waals surface area contributed by atoms with Gasteiger partial charge in [0.1, 0.15) is 5.69 Å². The van der Waals surface area contributed by atoms with Gasteiger partial charge in [0, 0.05) is 6.20 Å². The van der Waals surface area contributed by atoms with Gasteiger partial charge in [0.15, 0.2) is 0 Å². The average molecular weight is 188 g/mol. The van der Waals surface area contributed by atoms with E-state index in [2.05, 4.69) is 16.2 Å². The van der Waals surface area contributed by atoms with Crippen LogP contribution in [0.4, 0.5) is 0 Å². The Kier molecular flexibility index (Phi) is 2.88. The van der Waals surface area contributed by atoms with Crippen LogP contribution in [0.3, 0.4) is 0 Å². The number of hydrogen-bond acceptors (Lipinski definition) is 2. The number of hydrogen-bond donors (Lipinski definition) is 1. The second-order valence-corrected chi connectivity index (χ2v) is 3.44. The van der Waals surface area contributed by atoms with Gasteiger partial charge in [0.25, 0.3) is 5.91 Å². The highest BCUT2D eigenvalue weighted by molar-refractivity contribution is 5.92. The molecule has 0 saturated heterocycles. The van der Waals surface area contributed by atoms with Crippen molar-refractivity contribution in [2.75, 3.05) is 0 Å². The highest BCUT2D eigenvalue weighted by Gasteiger charge is 2.18. The topological polar surface area (TPSA) is 42.0 Å². The van der Waals surface area contributed by atoms with E-state index in [0.717, 1.165) is 0 Å². The summed E-state index contributed by atoms with van der Waals surface area (Å²) in [7, 11) is 0. The predicted molar refractivity (Wildman–Crippen MR) is 54.6 cm³/mol. The molecule has 72 valence electrons. The summed E-state index contributed by atoms with van der Waals surface area (Å²) in [4.78, 5) is 15.5. The molecule has 0 bridgehead atoms. The fraction of sp³-hybridized carbons (Fsp3) is 0.273. The first-order chi connectivity index (χ1) is 6.55. The van der Waals surface area contributed by atoms with Crippen LogP contribution in [0.15, 0.2) is 24.4 Å². The van der Waals surface area contributed by atoms with Crippen molar-refractivity contribution in [1.29, 1.82) is 0 Å². The van der Waals surface area contributed by atoms with Gasteiger partial charge in [-0.1, -0.05) is 12.0 Å². The number of pyridine rings is 1. The van der Waals surface area contributed by atoms with Crippen LogP contribution in [0.5, 0.6) is 0 Å². The van der Waals surface area contributed by atoms with Gasteiger partial charge in [-0.25, -0.2) is 0 Å². The van der Waals surface area contributed by atoms with E-state index in [-0.39, 0.29) is 5.91 Å². The Hall–Kier alpha value is -1.82. The molecule has 0 radical (unpaired) electrons. The smallest absolute Gasteiger partial charge is 0.271 e. The Balaban J connectivity index is 2.75. The minimum atomic E-state index is -0.644. The Labute approximate surface area is 83.6 Å². The van der Waals surface area contributed by atoms with Crippen molar-refractivity contribution >= 4 is 5.91 Å². The maximum absolute atomic E-state index is 11.6. The number of carbonyl (C=O) groups excluding carboxylic acids is 1. The number of nitrogens with one attached hydrogen (secondary N) is 1. The summed E-state index contributed by atoms with van der Waals surface area (Å²) >= 11 is 0. The van der Waals surface area contributed by atoms with Crippen LogP contribution < -0.4 is 5.32 Å². The van der Waals surface area contributed by atoms with Crippen molar-refractivity contribution in [2.45, 2.75) is 19.4 Å². The molecule has 0 aliphatic heterocycles. The first kappa shape index (κ1) is 10.3. The second-order valence-electron chi connectivity index (χ2n) is 3.44. The van der Waals surface area contributed by atoms with Crippen LogP contribution in [0.2, 0.25) is 0 Å². The van der Waals surface area contributed by atoms with Crippen molar-refractivity contribution in [3.8, 4) is 12.3 Å². The zero-order valence-corrected chi connectivity index (χ0v) is 8.24. The third-order valence-corrected chi connectivity index (χ3v) is 1.68. The number of carbonyl (C=O) groups is 1. The fourth-order valence-corrected chi connectivity index (χ4v) is 0.881. The molecule has 0 unspecified atom stereocenters. The van der Waals surface area contributed by atoms with Crippen LogP contribution in [0.1, 0.15) is 24.3 Å².